The molecule has 2 heterocycles. The van der Waals surface area contributed by atoms with E-state index in [1.54, 1.807) is 12.4 Å². The van der Waals surface area contributed by atoms with Crippen LogP contribution in [0.2, 0.25) is 0 Å². The molecule has 2 aromatic heterocycles. The number of para-hydroxylation sites is 1. The van der Waals surface area contributed by atoms with E-state index in [1.807, 2.05) is 47.0 Å². The van der Waals surface area contributed by atoms with Crippen LogP contribution in [0.3, 0.4) is 0 Å². The standard InChI is InChI=1S/C21H18N6O3S2/c22-32(29,30)18-10-8-16(9-11-18)24-19(28)14-31-21-26-25-20(15-5-4-12-23-13-15)27(21)17-6-2-1-3-7-17/h1-13H,14H2,(H,24,28)(H2,22,29,30). The van der Waals surface area contributed by atoms with Crippen LogP contribution < -0.4 is 10.5 Å². The molecule has 0 aliphatic rings. The van der Waals surface area contributed by atoms with Crippen LogP contribution >= 0.6 is 11.8 Å². The summed E-state index contributed by atoms with van der Waals surface area (Å²) in [5.41, 5.74) is 2.12. The molecule has 0 aliphatic heterocycles. The van der Waals surface area contributed by atoms with Gasteiger partial charge in [0.15, 0.2) is 11.0 Å². The number of aromatic nitrogens is 4. The van der Waals surface area contributed by atoms with Crippen LogP contribution in [-0.4, -0.2) is 39.8 Å². The van der Waals surface area contributed by atoms with Gasteiger partial charge in [-0.3, -0.25) is 14.3 Å². The fourth-order valence-corrected chi connectivity index (χ4v) is 4.18. The van der Waals surface area contributed by atoms with Gasteiger partial charge < -0.3 is 5.32 Å². The van der Waals surface area contributed by atoms with Crippen molar-refractivity contribution in [2.75, 3.05) is 11.1 Å². The number of primary sulfonamides is 1. The number of nitrogens with zero attached hydrogens (tertiary/aromatic N) is 4. The Kier molecular flexibility index (Phi) is 6.30. The third-order valence-electron chi connectivity index (χ3n) is 4.37. The average molecular weight is 467 g/mol. The Balaban J connectivity index is 1.52. The number of hydrogen-bond donors (Lipinski definition) is 2. The molecule has 162 valence electrons. The minimum Gasteiger partial charge on any atom is -0.325 e. The second-order valence-electron chi connectivity index (χ2n) is 6.63. The lowest BCUT2D eigenvalue weighted by molar-refractivity contribution is -0.113. The Morgan fingerprint density at radius 2 is 1.75 bits per heavy atom. The molecule has 4 aromatic rings. The van der Waals surface area contributed by atoms with E-state index in [0.717, 1.165) is 11.3 Å². The smallest absolute Gasteiger partial charge is 0.238 e. The summed E-state index contributed by atoms with van der Waals surface area (Å²) >= 11 is 1.23. The maximum absolute atomic E-state index is 12.4. The Morgan fingerprint density at radius 1 is 1.00 bits per heavy atom. The Labute approximate surface area is 188 Å². The Bertz CT molecular complexity index is 1330. The first kappa shape index (κ1) is 21.7. The van der Waals surface area contributed by atoms with Gasteiger partial charge in [-0.25, -0.2) is 13.6 Å². The van der Waals surface area contributed by atoms with Crippen molar-refractivity contribution in [3.05, 3.63) is 79.1 Å². The molecule has 0 unspecified atom stereocenters. The molecule has 0 bridgehead atoms. The number of sulfonamides is 1. The summed E-state index contributed by atoms with van der Waals surface area (Å²) < 4.78 is 24.6. The van der Waals surface area contributed by atoms with Crippen molar-refractivity contribution >= 4 is 33.4 Å². The van der Waals surface area contributed by atoms with Crippen LogP contribution in [0.1, 0.15) is 0 Å². The number of carbonyl (C=O) groups is 1. The lowest BCUT2D eigenvalue weighted by atomic mass is 10.2. The zero-order chi connectivity index (χ0) is 22.6. The van der Waals surface area contributed by atoms with Crippen molar-refractivity contribution in [2.45, 2.75) is 10.1 Å². The summed E-state index contributed by atoms with van der Waals surface area (Å²) in [6.07, 6.45) is 3.39. The molecule has 0 saturated carbocycles. The first-order chi connectivity index (χ1) is 15.4. The molecule has 0 atom stereocenters. The first-order valence-electron chi connectivity index (χ1n) is 9.38. The third kappa shape index (κ3) is 5.02. The highest BCUT2D eigenvalue weighted by Gasteiger charge is 2.17. The topological polar surface area (TPSA) is 133 Å². The number of rotatable bonds is 7. The molecule has 3 N–H and O–H groups in total. The summed E-state index contributed by atoms with van der Waals surface area (Å²) in [5.74, 6) is 0.421. The van der Waals surface area contributed by atoms with E-state index in [0.29, 0.717) is 16.7 Å². The van der Waals surface area contributed by atoms with Crippen molar-refractivity contribution in [1.29, 1.82) is 0 Å². The van der Waals surface area contributed by atoms with Crippen LogP contribution in [0.25, 0.3) is 17.1 Å². The highest BCUT2D eigenvalue weighted by Crippen LogP contribution is 2.27. The van der Waals surface area contributed by atoms with E-state index >= 15 is 0 Å². The largest absolute Gasteiger partial charge is 0.325 e. The van der Waals surface area contributed by atoms with E-state index in [1.165, 1.54) is 36.0 Å². The SMILES string of the molecule is NS(=O)(=O)c1ccc(NC(=O)CSc2nnc(-c3cccnc3)n2-c2ccccc2)cc1. The molecule has 11 heteroatoms. The molecule has 4 rings (SSSR count). The van der Waals surface area contributed by atoms with Gasteiger partial charge in [-0.05, 0) is 48.5 Å². The summed E-state index contributed by atoms with van der Waals surface area (Å²) in [7, 11) is -3.79. The molecule has 0 spiro atoms. The van der Waals surface area contributed by atoms with Gasteiger partial charge in [-0.2, -0.15) is 0 Å². The summed E-state index contributed by atoms with van der Waals surface area (Å²) in [4.78, 5) is 16.6. The van der Waals surface area contributed by atoms with Crippen LogP contribution in [0, 0.1) is 0 Å². The number of thioether (sulfide) groups is 1. The summed E-state index contributed by atoms with van der Waals surface area (Å²) in [5, 5.41) is 16.9. The molecule has 0 saturated heterocycles. The second-order valence-corrected chi connectivity index (χ2v) is 9.13. The van der Waals surface area contributed by atoms with Crippen molar-refractivity contribution in [2.24, 2.45) is 5.14 Å². The molecular weight excluding hydrogens is 448 g/mol. The van der Waals surface area contributed by atoms with E-state index < -0.39 is 10.0 Å². The van der Waals surface area contributed by atoms with Crippen molar-refractivity contribution in [3.8, 4) is 17.1 Å². The zero-order valence-electron chi connectivity index (χ0n) is 16.6. The number of nitrogens with two attached hydrogens (primary N) is 1. The number of amides is 1. The van der Waals surface area contributed by atoms with E-state index in [4.69, 9.17) is 5.14 Å². The van der Waals surface area contributed by atoms with Gasteiger partial charge in [-0.1, -0.05) is 30.0 Å². The van der Waals surface area contributed by atoms with Gasteiger partial charge in [-0.15, -0.1) is 10.2 Å². The minimum absolute atomic E-state index is 0.0243. The van der Waals surface area contributed by atoms with Gasteiger partial charge in [0.2, 0.25) is 15.9 Å². The number of anilines is 1. The maximum atomic E-state index is 12.4. The van der Waals surface area contributed by atoms with Crippen LogP contribution in [0.15, 0.2) is 89.2 Å². The maximum Gasteiger partial charge on any atom is 0.238 e. The highest BCUT2D eigenvalue weighted by molar-refractivity contribution is 7.99. The van der Waals surface area contributed by atoms with Gasteiger partial charge >= 0.3 is 0 Å². The van der Waals surface area contributed by atoms with E-state index in [2.05, 4.69) is 20.5 Å². The monoisotopic (exact) mass is 466 g/mol. The number of pyridine rings is 1. The molecule has 0 fully saturated rings. The van der Waals surface area contributed by atoms with E-state index in [9.17, 15) is 13.2 Å². The number of benzene rings is 2. The predicted molar refractivity (Wildman–Crippen MR) is 122 cm³/mol. The molecule has 1 amide bonds. The summed E-state index contributed by atoms with van der Waals surface area (Å²) in [6.45, 7) is 0. The molecule has 0 radical (unpaired) electrons. The molecule has 2 aromatic carbocycles. The molecule has 9 nitrogen and oxygen atoms in total. The van der Waals surface area contributed by atoms with Gasteiger partial charge in [0, 0.05) is 29.3 Å². The normalized spacial score (nSPS) is 11.3. The van der Waals surface area contributed by atoms with Crippen molar-refractivity contribution < 1.29 is 13.2 Å². The van der Waals surface area contributed by atoms with Crippen LogP contribution in [0.4, 0.5) is 5.69 Å². The highest BCUT2D eigenvalue weighted by atomic mass is 32.2. The second kappa shape index (κ2) is 9.30. The van der Waals surface area contributed by atoms with Crippen LogP contribution in [0.5, 0.6) is 0 Å². The minimum atomic E-state index is -3.79. The summed E-state index contributed by atoms with van der Waals surface area (Å²) in [6, 6.07) is 19.0. The lowest BCUT2D eigenvalue weighted by Gasteiger charge is -2.10. The number of carbonyl (C=O) groups excluding carboxylic acids is 1. The fourth-order valence-electron chi connectivity index (χ4n) is 2.91. The Hall–Kier alpha value is -3.54. The third-order valence-corrected chi connectivity index (χ3v) is 6.22. The first-order valence-corrected chi connectivity index (χ1v) is 11.9. The number of nitrogens with one attached hydrogen (secondary N) is 1. The van der Waals surface area contributed by atoms with Crippen molar-refractivity contribution in [3.63, 3.8) is 0 Å². The quantitative estimate of drug-likeness (QED) is 0.400. The van der Waals surface area contributed by atoms with Crippen LogP contribution in [-0.2, 0) is 14.8 Å². The predicted octanol–water partition coefficient (Wildman–Crippen LogP) is 2.71. The fraction of sp³-hybridized carbons (Fsp3) is 0.0476. The molecule has 32 heavy (non-hydrogen) atoms. The van der Waals surface area contributed by atoms with Gasteiger partial charge in [0.25, 0.3) is 0 Å². The number of hydrogen-bond acceptors (Lipinski definition) is 7. The lowest BCUT2D eigenvalue weighted by Crippen LogP contribution is -2.15. The Morgan fingerprint density at radius 3 is 2.41 bits per heavy atom. The zero-order valence-corrected chi connectivity index (χ0v) is 18.3. The molecular formula is C21H18N6O3S2. The van der Waals surface area contributed by atoms with Crippen molar-refractivity contribution in [1.82, 2.24) is 19.7 Å². The molecule has 0 aliphatic carbocycles. The van der Waals surface area contributed by atoms with E-state index in [-0.39, 0.29) is 16.6 Å². The van der Waals surface area contributed by atoms with Gasteiger partial charge in [0.05, 0.1) is 10.6 Å². The van der Waals surface area contributed by atoms with Gasteiger partial charge in [0.1, 0.15) is 0 Å². The average Bonchev–Trinajstić information content (AvgIpc) is 3.23.